The van der Waals surface area contributed by atoms with E-state index in [9.17, 15) is 4.79 Å². The molecule has 3 aromatic rings. The molecule has 0 radical (unpaired) electrons. The monoisotopic (exact) mass is 477 g/mol. The van der Waals surface area contributed by atoms with Gasteiger partial charge in [-0.25, -0.2) is 0 Å². The average Bonchev–Trinajstić information content (AvgIpc) is 3.13. The second kappa shape index (κ2) is 11.0. The Hall–Kier alpha value is -3.29. The number of hydrogen-bond donors (Lipinski definition) is 0. The van der Waals surface area contributed by atoms with Crippen molar-refractivity contribution in [2.75, 3.05) is 25.2 Å². The first-order valence-electron chi connectivity index (χ1n) is 10.5. The summed E-state index contributed by atoms with van der Waals surface area (Å²) < 4.78 is 17.6. The van der Waals surface area contributed by atoms with Gasteiger partial charge in [0.25, 0.3) is 5.91 Å². The Bertz CT molecular complexity index is 1160. The quantitative estimate of drug-likeness (QED) is 0.216. The maximum atomic E-state index is 13.0. The summed E-state index contributed by atoms with van der Waals surface area (Å²) in [6, 6.07) is 24.6. The van der Waals surface area contributed by atoms with Crippen LogP contribution in [0.3, 0.4) is 0 Å². The van der Waals surface area contributed by atoms with E-state index >= 15 is 0 Å². The number of hydrogen-bond acceptors (Lipinski definition) is 6. The molecular formula is C26H23NO4S2. The molecule has 0 aliphatic carbocycles. The van der Waals surface area contributed by atoms with Crippen molar-refractivity contribution in [3.63, 3.8) is 0 Å². The lowest BCUT2D eigenvalue weighted by Crippen LogP contribution is -2.27. The van der Waals surface area contributed by atoms with Crippen LogP contribution in [0.1, 0.15) is 12.0 Å². The highest BCUT2D eigenvalue weighted by molar-refractivity contribution is 8.27. The fourth-order valence-electron chi connectivity index (χ4n) is 3.30. The van der Waals surface area contributed by atoms with Gasteiger partial charge in [0, 0.05) is 12.0 Å². The standard InChI is InChI=1S/C26H23NO4S2/c1-29-22-14-7-8-15-23(22)31-17-9-16-30-21-13-6-5-10-19(21)18-24-25(28)27(26(32)33-24)20-11-3-2-4-12-20/h2-8,10-15,18H,9,16-17H2,1H3. The van der Waals surface area contributed by atoms with E-state index in [1.165, 1.54) is 11.8 Å². The second-order valence-corrected chi connectivity index (χ2v) is 8.77. The molecule has 33 heavy (non-hydrogen) atoms. The molecule has 0 atom stereocenters. The van der Waals surface area contributed by atoms with Crippen LogP contribution in [-0.2, 0) is 4.79 Å². The summed E-state index contributed by atoms with van der Waals surface area (Å²) in [6.07, 6.45) is 2.53. The predicted molar refractivity (Wildman–Crippen MR) is 137 cm³/mol. The molecule has 0 saturated carbocycles. The number of nitrogens with zero attached hydrogens (tertiary/aromatic N) is 1. The number of methoxy groups -OCH3 is 1. The lowest BCUT2D eigenvalue weighted by atomic mass is 10.2. The average molecular weight is 478 g/mol. The number of rotatable bonds is 9. The smallest absolute Gasteiger partial charge is 0.270 e. The summed E-state index contributed by atoms with van der Waals surface area (Å²) in [5.41, 5.74) is 1.60. The Morgan fingerprint density at radius 3 is 2.18 bits per heavy atom. The fraction of sp³-hybridized carbons (Fsp3) is 0.154. The van der Waals surface area contributed by atoms with E-state index in [-0.39, 0.29) is 5.91 Å². The van der Waals surface area contributed by atoms with Crippen molar-refractivity contribution in [2.45, 2.75) is 6.42 Å². The Labute approximate surface area is 203 Å². The summed E-state index contributed by atoms with van der Waals surface area (Å²) >= 11 is 6.75. The molecule has 0 aromatic heterocycles. The first-order chi connectivity index (χ1) is 16.2. The number of thiocarbonyl (C=S) groups is 1. The van der Waals surface area contributed by atoms with E-state index in [0.717, 1.165) is 11.3 Å². The molecule has 0 N–H and O–H groups in total. The lowest BCUT2D eigenvalue weighted by molar-refractivity contribution is -0.113. The molecule has 3 aromatic carbocycles. The number of benzene rings is 3. The van der Waals surface area contributed by atoms with Gasteiger partial charge >= 0.3 is 0 Å². The van der Waals surface area contributed by atoms with Crippen LogP contribution in [0.25, 0.3) is 6.08 Å². The first-order valence-corrected chi connectivity index (χ1v) is 11.7. The number of amides is 1. The summed E-state index contributed by atoms with van der Waals surface area (Å²) in [6.45, 7) is 0.975. The largest absolute Gasteiger partial charge is 0.493 e. The molecule has 168 valence electrons. The van der Waals surface area contributed by atoms with Gasteiger partial charge in [0.2, 0.25) is 0 Å². The molecule has 1 saturated heterocycles. The third kappa shape index (κ3) is 5.56. The molecule has 0 unspecified atom stereocenters. The highest BCUT2D eigenvalue weighted by Crippen LogP contribution is 2.37. The van der Waals surface area contributed by atoms with Gasteiger partial charge in [-0.2, -0.15) is 0 Å². The van der Waals surface area contributed by atoms with Gasteiger partial charge in [-0.3, -0.25) is 9.69 Å². The van der Waals surface area contributed by atoms with Crippen LogP contribution in [0.5, 0.6) is 17.2 Å². The number of anilines is 1. The van der Waals surface area contributed by atoms with Gasteiger partial charge in [0.05, 0.1) is 30.9 Å². The maximum absolute atomic E-state index is 13.0. The number of carbonyl (C=O) groups excluding carboxylic acids is 1. The minimum atomic E-state index is -0.129. The van der Waals surface area contributed by atoms with E-state index in [2.05, 4.69) is 0 Å². The van der Waals surface area contributed by atoms with Crippen LogP contribution >= 0.6 is 24.0 Å². The first kappa shape index (κ1) is 22.9. The zero-order valence-electron chi connectivity index (χ0n) is 18.1. The Balaban J connectivity index is 1.38. The Morgan fingerprint density at radius 2 is 1.45 bits per heavy atom. The Morgan fingerprint density at radius 1 is 0.848 bits per heavy atom. The molecule has 1 aliphatic heterocycles. The summed E-state index contributed by atoms with van der Waals surface area (Å²) in [4.78, 5) is 15.1. The zero-order valence-corrected chi connectivity index (χ0v) is 19.7. The van der Waals surface area contributed by atoms with Crippen LogP contribution in [0.4, 0.5) is 5.69 Å². The van der Waals surface area contributed by atoms with Crippen LogP contribution in [0.15, 0.2) is 83.8 Å². The van der Waals surface area contributed by atoms with Crippen molar-refractivity contribution in [1.82, 2.24) is 0 Å². The maximum Gasteiger partial charge on any atom is 0.270 e. The van der Waals surface area contributed by atoms with Crippen molar-refractivity contribution in [3.05, 3.63) is 89.3 Å². The highest BCUT2D eigenvalue weighted by Gasteiger charge is 2.33. The summed E-state index contributed by atoms with van der Waals surface area (Å²) in [5, 5.41) is 0. The van der Waals surface area contributed by atoms with E-state index in [4.69, 9.17) is 26.4 Å². The van der Waals surface area contributed by atoms with E-state index < -0.39 is 0 Å². The van der Waals surface area contributed by atoms with Crippen molar-refractivity contribution < 1.29 is 19.0 Å². The minimum absolute atomic E-state index is 0.129. The molecule has 0 bridgehead atoms. The molecule has 1 amide bonds. The molecule has 0 spiro atoms. The number of ether oxygens (including phenoxy) is 3. The summed E-state index contributed by atoms with van der Waals surface area (Å²) in [5.74, 6) is 1.99. The topological polar surface area (TPSA) is 48.0 Å². The SMILES string of the molecule is COc1ccccc1OCCCOc1ccccc1C=C1SC(=S)N(c2ccccc2)C1=O. The number of carbonyl (C=O) groups is 1. The third-order valence-electron chi connectivity index (χ3n) is 4.89. The molecule has 4 rings (SSSR count). The van der Waals surface area contributed by atoms with Crippen LogP contribution in [0, 0.1) is 0 Å². The molecular weight excluding hydrogens is 454 g/mol. The van der Waals surface area contributed by atoms with Crippen molar-refractivity contribution in [2.24, 2.45) is 0 Å². The third-order valence-corrected chi connectivity index (χ3v) is 6.19. The Kier molecular flexibility index (Phi) is 7.65. The van der Waals surface area contributed by atoms with Crippen molar-refractivity contribution >= 4 is 46.0 Å². The highest BCUT2D eigenvalue weighted by atomic mass is 32.2. The zero-order chi connectivity index (χ0) is 23.0. The molecule has 1 fully saturated rings. The van der Waals surface area contributed by atoms with Gasteiger partial charge in [-0.05, 0) is 36.4 Å². The molecule has 1 aliphatic rings. The molecule has 7 heteroatoms. The van der Waals surface area contributed by atoms with Gasteiger partial charge in [-0.15, -0.1) is 0 Å². The lowest BCUT2D eigenvalue weighted by Gasteiger charge is -2.14. The van der Waals surface area contributed by atoms with E-state index in [1.54, 1.807) is 12.0 Å². The van der Waals surface area contributed by atoms with Crippen LogP contribution in [0.2, 0.25) is 0 Å². The van der Waals surface area contributed by atoms with Gasteiger partial charge < -0.3 is 14.2 Å². The predicted octanol–water partition coefficient (Wildman–Crippen LogP) is 5.95. The van der Waals surface area contributed by atoms with Crippen LogP contribution in [-0.4, -0.2) is 30.6 Å². The van der Waals surface area contributed by atoms with Crippen molar-refractivity contribution in [3.8, 4) is 17.2 Å². The second-order valence-electron chi connectivity index (χ2n) is 7.09. The number of para-hydroxylation sites is 4. The number of thioether (sulfide) groups is 1. The van der Waals surface area contributed by atoms with Crippen molar-refractivity contribution in [1.29, 1.82) is 0 Å². The fourth-order valence-corrected chi connectivity index (χ4v) is 4.59. The minimum Gasteiger partial charge on any atom is -0.493 e. The normalized spacial score (nSPS) is 14.6. The van der Waals surface area contributed by atoms with Gasteiger partial charge in [0.1, 0.15) is 5.75 Å². The van der Waals surface area contributed by atoms with Crippen LogP contribution < -0.4 is 19.1 Å². The van der Waals surface area contributed by atoms with Gasteiger partial charge in [-0.1, -0.05) is 72.5 Å². The van der Waals surface area contributed by atoms with Gasteiger partial charge in [0.15, 0.2) is 15.8 Å². The van der Waals surface area contributed by atoms with E-state index in [0.29, 0.717) is 46.1 Å². The molecule has 1 heterocycles. The molecule has 5 nitrogen and oxygen atoms in total. The van der Waals surface area contributed by atoms with E-state index in [1.807, 2.05) is 84.9 Å². The summed E-state index contributed by atoms with van der Waals surface area (Å²) in [7, 11) is 1.62.